The second kappa shape index (κ2) is 8.78. The first kappa shape index (κ1) is 19.0. The van der Waals surface area contributed by atoms with Crippen molar-refractivity contribution in [2.75, 3.05) is 25.6 Å². The van der Waals surface area contributed by atoms with Gasteiger partial charge in [-0.2, -0.15) is 0 Å². The summed E-state index contributed by atoms with van der Waals surface area (Å²) in [5.74, 6) is 3.02. The fraction of sp³-hybridized carbons (Fsp3) is 0.250. The summed E-state index contributed by atoms with van der Waals surface area (Å²) in [6, 6.07) is 20.0. The van der Waals surface area contributed by atoms with Crippen LogP contribution in [-0.2, 0) is 13.2 Å². The van der Waals surface area contributed by atoms with Crippen molar-refractivity contribution in [3.8, 4) is 23.0 Å². The van der Waals surface area contributed by atoms with E-state index in [1.807, 2.05) is 48.5 Å². The van der Waals surface area contributed by atoms with E-state index in [0.29, 0.717) is 26.4 Å². The molecule has 1 aliphatic rings. The lowest BCUT2D eigenvalue weighted by Crippen LogP contribution is -2.15. The topological polar surface area (TPSA) is 49.0 Å². The first-order valence-electron chi connectivity index (χ1n) is 9.71. The molecule has 1 N–H and O–H groups in total. The first-order chi connectivity index (χ1) is 14.2. The van der Waals surface area contributed by atoms with Crippen molar-refractivity contribution in [2.45, 2.75) is 20.1 Å². The molecular weight excluding hydrogens is 366 g/mol. The summed E-state index contributed by atoms with van der Waals surface area (Å²) in [7, 11) is 1.66. The molecule has 0 unspecified atom stereocenters. The number of nitrogens with one attached hydrogen (secondary N) is 1. The molecule has 150 valence electrons. The van der Waals surface area contributed by atoms with E-state index < -0.39 is 0 Å². The Kier molecular flexibility index (Phi) is 5.75. The number of ether oxygens (including phenoxy) is 4. The summed E-state index contributed by atoms with van der Waals surface area (Å²) >= 11 is 0. The van der Waals surface area contributed by atoms with Crippen molar-refractivity contribution in [1.82, 2.24) is 0 Å². The Morgan fingerprint density at radius 1 is 0.897 bits per heavy atom. The lowest BCUT2D eigenvalue weighted by atomic mass is 10.1. The third-order valence-electron chi connectivity index (χ3n) is 4.94. The van der Waals surface area contributed by atoms with Gasteiger partial charge in [-0.25, -0.2) is 0 Å². The Morgan fingerprint density at radius 2 is 1.69 bits per heavy atom. The van der Waals surface area contributed by atoms with Gasteiger partial charge in [0.2, 0.25) is 0 Å². The highest BCUT2D eigenvalue weighted by atomic mass is 16.6. The number of rotatable bonds is 7. The van der Waals surface area contributed by atoms with E-state index in [2.05, 4.69) is 24.4 Å². The third kappa shape index (κ3) is 4.40. The predicted molar refractivity (Wildman–Crippen MR) is 113 cm³/mol. The molecule has 0 aliphatic carbocycles. The summed E-state index contributed by atoms with van der Waals surface area (Å²) in [5, 5.41) is 3.44. The summed E-state index contributed by atoms with van der Waals surface area (Å²) in [5.41, 5.74) is 4.34. The second-order valence-electron chi connectivity index (χ2n) is 6.88. The van der Waals surface area contributed by atoms with Crippen LogP contribution >= 0.6 is 0 Å². The Balaban J connectivity index is 1.50. The fourth-order valence-electron chi connectivity index (χ4n) is 3.30. The molecule has 0 saturated carbocycles. The van der Waals surface area contributed by atoms with Crippen LogP contribution < -0.4 is 24.3 Å². The van der Waals surface area contributed by atoms with Crippen molar-refractivity contribution < 1.29 is 18.9 Å². The zero-order valence-corrected chi connectivity index (χ0v) is 16.7. The van der Waals surface area contributed by atoms with Crippen molar-refractivity contribution in [2.24, 2.45) is 0 Å². The highest BCUT2D eigenvalue weighted by Gasteiger charge is 2.14. The van der Waals surface area contributed by atoms with Gasteiger partial charge in [0.05, 0.1) is 7.11 Å². The number of methoxy groups -OCH3 is 1. The maximum atomic E-state index is 6.20. The SMILES string of the molecule is COc1cccc(CNc2ccc3c(c2)OCCO3)c1OCc1ccccc1C. The highest BCUT2D eigenvalue weighted by molar-refractivity contribution is 5.56. The van der Waals surface area contributed by atoms with Crippen LogP contribution in [0.5, 0.6) is 23.0 Å². The van der Waals surface area contributed by atoms with E-state index in [9.17, 15) is 0 Å². The number of aryl methyl sites for hydroxylation is 1. The molecule has 29 heavy (non-hydrogen) atoms. The van der Waals surface area contributed by atoms with E-state index in [-0.39, 0.29) is 0 Å². The minimum atomic E-state index is 0.490. The van der Waals surface area contributed by atoms with Gasteiger partial charge in [0, 0.05) is 23.9 Å². The monoisotopic (exact) mass is 391 g/mol. The summed E-state index contributed by atoms with van der Waals surface area (Å²) in [6.07, 6.45) is 0. The van der Waals surface area contributed by atoms with Gasteiger partial charge in [0.15, 0.2) is 23.0 Å². The van der Waals surface area contributed by atoms with Gasteiger partial charge < -0.3 is 24.3 Å². The molecule has 3 aromatic carbocycles. The molecule has 0 aromatic heterocycles. The van der Waals surface area contributed by atoms with Crippen LogP contribution in [0, 0.1) is 6.92 Å². The summed E-state index contributed by atoms with van der Waals surface area (Å²) in [4.78, 5) is 0. The lowest BCUT2D eigenvalue weighted by Gasteiger charge is -2.20. The third-order valence-corrected chi connectivity index (χ3v) is 4.94. The van der Waals surface area contributed by atoms with Gasteiger partial charge in [-0.05, 0) is 36.2 Å². The smallest absolute Gasteiger partial charge is 0.166 e. The lowest BCUT2D eigenvalue weighted by molar-refractivity contribution is 0.171. The maximum Gasteiger partial charge on any atom is 0.166 e. The average Bonchev–Trinajstić information content (AvgIpc) is 2.77. The van der Waals surface area contributed by atoms with Crippen LogP contribution in [0.25, 0.3) is 0 Å². The summed E-state index contributed by atoms with van der Waals surface area (Å²) < 4.78 is 23.0. The number of para-hydroxylation sites is 1. The number of fused-ring (bicyclic) bond motifs is 1. The molecule has 1 heterocycles. The van der Waals surface area contributed by atoms with Crippen LogP contribution in [0.15, 0.2) is 60.7 Å². The minimum Gasteiger partial charge on any atom is -0.493 e. The van der Waals surface area contributed by atoms with Crippen LogP contribution in [0.3, 0.4) is 0 Å². The standard InChI is InChI=1S/C24H25NO4/c1-17-6-3-4-7-19(17)16-29-24-18(8-5-9-22(24)26-2)15-25-20-10-11-21-23(14-20)28-13-12-27-21/h3-11,14,25H,12-13,15-16H2,1-2H3. The molecular formula is C24H25NO4. The number of hydrogen-bond donors (Lipinski definition) is 1. The molecule has 5 nitrogen and oxygen atoms in total. The molecule has 5 heteroatoms. The van der Waals surface area contributed by atoms with Crippen LogP contribution in [0.1, 0.15) is 16.7 Å². The van der Waals surface area contributed by atoms with Gasteiger partial charge in [0.25, 0.3) is 0 Å². The van der Waals surface area contributed by atoms with Gasteiger partial charge in [-0.15, -0.1) is 0 Å². The molecule has 0 atom stereocenters. The van der Waals surface area contributed by atoms with Gasteiger partial charge in [0.1, 0.15) is 19.8 Å². The molecule has 4 rings (SSSR count). The highest BCUT2D eigenvalue weighted by Crippen LogP contribution is 2.35. The molecule has 0 radical (unpaired) electrons. The van der Waals surface area contributed by atoms with Crippen molar-refractivity contribution in [1.29, 1.82) is 0 Å². The van der Waals surface area contributed by atoms with Crippen LogP contribution in [0.4, 0.5) is 5.69 Å². The Labute approximate surface area is 171 Å². The average molecular weight is 391 g/mol. The molecule has 0 bridgehead atoms. The molecule has 0 amide bonds. The zero-order valence-electron chi connectivity index (χ0n) is 16.7. The van der Waals surface area contributed by atoms with Gasteiger partial charge in [-0.3, -0.25) is 0 Å². The first-order valence-corrected chi connectivity index (χ1v) is 9.71. The van der Waals surface area contributed by atoms with E-state index in [1.165, 1.54) is 5.56 Å². The number of benzene rings is 3. The number of anilines is 1. The van der Waals surface area contributed by atoms with Crippen LogP contribution in [0.2, 0.25) is 0 Å². The Bertz CT molecular complexity index is 986. The Hall–Kier alpha value is -3.34. The summed E-state index contributed by atoms with van der Waals surface area (Å²) in [6.45, 7) is 4.34. The predicted octanol–water partition coefficient (Wildman–Crippen LogP) is 4.97. The normalized spacial score (nSPS) is 12.3. The van der Waals surface area contributed by atoms with E-state index in [1.54, 1.807) is 7.11 Å². The minimum absolute atomic E-state index is 0.490. The van der Waals surface area contributed by atoms with Crippen molar-refractivity contribution in [3.05, 3.63) is 77.4 Å². The quantitative estimate of drug-likeness (QED) is 0.616. The fourth-order valence-corrected chi connectivity index (χ4v) is 3.30. The van der Waals surface area contributed by atoms with E-state index in [4.69, 9.17) is 18.9 Å². The van der Waals surface area contributed by atoms with E-state index >= 15 is 0 Å². The zero-order chi connectivity index (χ0) is 20.1. The maximum absolute atomic E-state index is 6.20. The second-order valence-corrected chi connectivity index (χ2v) is 6.88. The molecule has 3 aromatic rings. The van der Waals surface area contributed by atoms with Gasteiger partial charge >= 0.3 is 0 Å². The van der Waals surface area contributed by atoms with Crippen LogP contribution in [-0.4, -0.2) is 20.3 Å². The molecule has 0 spiro atoms. The molecule has 0 saturated heterocycles. The molecule has 0 fully saturated rings. The van der Waals surface area contributed by atoms with Crippen molar-refractivity contribution in [3.63, 3.8) is 0 Å². The molecule has 1 aliphatic heterocycles. The van der Waals surface area contributed by atoms with Gasteiger partial charge in [-0.1, -0.05) is 36.4 Å². The number of hydrogen-bond acceptors (Lipinski definition) is 5. The largest absolute Gasteiger partial charge is 0.493 e. The van der Waals surface area contributed by atoms with Crippen molar-refractivity contribution >= 4 is 5.69 Å². The van der Waals surface area contributed by atoms with E-state index in [0.717, 1.165) is 39.8 Å². The Morgan fingerprint density at radius 3 is 2.52 bits per heavy atom.